The maximum atomic E-state index is 12.6. The Morgan fingerprint density at radius 1 is 1.14 bits per heavy atom. The van der Waals surface area contributed by atoms with E-state index in [0.29, 0.717) is 5.39 Å². The van der Waals surface area contributed by atoms with Gasteiger partial charge in [0.15, 0.2) is 0 Å². The van der Waals surface area contributed by atoms with E-state index in [0.717, 1.165) is 18.2 Å². The van der Waals surface area contributed by atoms with Crippen LogP contribution in [0, 0.1) is 0 Å². The minimum atomic E-state index is -0.0937. The van der Waals surface area contributed by atoms with Crippen LogP contribution < -0.4 is 5.56 Å². The lowest BCUT2D eigenvalue weighted by Crippen LogP contribution is -2.49. The Kier molecular flexibility index (Phi) is 4.01. The van der Waals surface area contributed by atoms with Crippen molar-refractivity contribution in [3.05, 3.63) is 46.9 Å². The molecular formula is C18H22N2O2. The van der Waals surface area contributed by atoms with Crippen LogP contribution in [0.3, 0.4) is 0 Å². The summed E-state index contributed by atoms with van der Waals surface area (Å²) in [5.74, 6) is 0.0390. The average Bonchev–Trinajstić information content (AvgIpc) is 2.50. The molecule has 1 aromatic heterocycles. The van der Waals surface area contributed by atoms with Crippen LogP contribution in [0.4, 0.5) is 0 Å². The van der Waals surface area contributed by atoms with Gasteiger partial charge in [0.2, 0.25) is 5.91 Å². The Balaban J connectivity index is 1.88. The van der Waals surface area contributed by atoms with Gasteiger partial charge in [0, 0.05) is 23.7 Å². The largest absolute Gasteiger partial charge is 0.336 e. The maximum absolute atomic E-state index is 12.6. The molecule has 116 valence electrons. The van der Waals surface area contributed by atoms with Crippen LogP contribution in [0.5, 0.6) is 0 Å². The van der Waals surface area contributed by atoms with Crippen molar-refractivity contribution in [1.82, 2.24) is 9.47 Å². The number of hydrogen-bond donors (Lipinski definition) is 0. The summed E-state index contributed by atoms with van der Waals surface area (Å²) in [6, 6.07) is 9.90. The molecule has 0 aliphatic carbocycles. The average molecular weight is 298 g/mol. The van der Waals surface area contributed by atoms with Gasteiger partial charge in [-0.2, -0.15) is 0 Å². The third kappa shape index (κ3) is 2.65. The maximum Gasteiger partial charge on any atom is 0.258 e. The molecule has 1 fully saturated rings. The third-order valence-corrected chi connectivity index (χ3v) is 4.67. The molecule has 4 heteroatoms. The Hall–Kier alpha value is -2.10. The van der Waals surface area contributed by atoms with E-state index in [1.807, 2.05) is 35.2 Å². The number of benzene rings is 1. The first kappa shape index (κ1) is 14.8. The lowest BCUT2D eigenvalue weighted by atomic mass is 9.97. The highest BCUT2D eigenvalue weighted by atomic mass is 16.2. The SMILES string of the molecule is C[C@@H]1CCC[C@H](C)N1C(=O)Cn1ccc2ccccc2c1=O. The fraction of sp³-hybridized carbons (Fsp3) is 0.444. The zero-order valence-corrected chi connectivity index (χ0v) is 13.2. The predicted molar refractivity (Wildman–Crippen MR) is 87.8 cm³/mol. The Bertz CT molecular complexity index is 740. The zero-order chi connectivity index (χ0) is 15.7. The molecule has 2 heterocycles. The fourth-order valence-electron chi connectivity index (χ4n) is 3.49. The number of nitrogens with zero attached hydrogens (tertiary/aromatic N) is 2. The van der Waals surface area contributed by atoms with Crippen molar-refractivity contribution < 1.29 is 4.79 Å². The molecule has 1 aromatic carbocycles. The number of carbonyl (C=O) groups excluding carboxylic acids is 1. The van der Waals surface area contributed by atoms with Gasteiger partial charge in [-0.05, 0) is 50.6 Å². The standard InChI is InChI=1S/C18H22N2O2/c1-13-6-5-7-14(2)20(13)17(21)12-19-11-10-15-8-3-4-9-16(15)18(19)22/h3-4,8-11,13-14H,5-7,12H2,1-2H3/t13-,14+. The van der Waals surface area contributed by atoms with Crippen LogP contribution in [-0.2, 0) is 11.3 Å². The molecule has 0 radical (unpaired) electrons. The molecule has 1 aliphatic rings. The van der Waals surface area contributed by atoms with Gasteiger partial charge in [-0.25, -0.2) is 0 Å². The number of aromatic nitrogens is 1. The smallest absolute Gasteiger partial charge is 0.258 e. The van der Waals surface area contributed by atoms with Gasteiger partial charge in [-0.3, -0.25) is 9.59 Å². The first-order valence-corrected chi connectivity index (χ1v) is 7.97. The van der Waals surface area contributed by atoms with E-state index in [-0.39, 0.29) is 30.1 Å². The third-order valence-electron chi connectivity index (χ3n) is 4.67. The van der Waals surface area contributed by atoms with Crippen molar-refractivity contribution in [1.29, 1.82) is 0 Å². The molecule has 4 nitrogen and oxygen atoms in total. The molecule has 3 rings (SSSR count). The first-order valence-electron chi connectivity index (χ1n) is 7.97. The monoisotopic (exact) mass is 298 g/mol. The van der Waals surface area contributed by atoms with Gasteiger partial charge in [-0.15, -0.1) is 0 Å². The number of rotatable bonds is 2. The van der Waals surface area contributed by atoms with E-state index in [1.165, 1.54) is 11.0 Å². The van der Waals surface area contributed by atoms with E-state index in [2.05, 4.69) is 13.8 Å². The van der Waals surface area contributed by atoms with Crippen molar-refractivity contribution in [2.24, 2.45) is 0 Å². The van der Waals surface area contributed by atoms with Gasteiger partial charge >= 0.3 is 0 Å². The van der Waals surface area contributed by atoms with E-state index in [1.54, 1.807) is 6.20 Å². The second-order valence-corrected chi connectivity index (χ2v) is 6.27. The molecule has 1 aliphatic heterocycles. The van der Waals surface area contributed by atoms with Crippen LogP contribution in [0.25, 0.3) is 10.8 Å². The van der Waals surface area contributed by atoms with Gasteiger partial charge in [0.05, 0.1) is 0 Å². The number of piperidine rings is 1. The van der Waals surface area contributed by atoms with Crippen LogP contribution in [-0.4, -0.2) is 27.5 Å². The molecule has 2 atom stereocenters. The molecule has 1 amide bonds. The number of pyridine rings is 1. The zero-order valence-electron chi connectivity index (χ0n) is 13.2. The van der Waals surface area contributed by atoms with Crippen LogP contribution >= 0.6 is 0 Å². The molecule has 0 unspecified atom stereocenters. The lowest BCUT2D eigenvalue weighted by Gasteiger charge is -2.39. The molecule has 22 heavy (non-hydrogen) atoms. The predicted octanol–water partition coefficient (Wildman–Crippen LogP) is 2.79. The summed E-state index contributed by atoms with van der Waals surface area (Å²) in [6.45, 7) is 4.31. The highest BCUT2D eigenvalue weighted by Crippen LogP contribution is 2.22. The Labute approximate surface area is 130 Å². The van der Waals surface area contributed by atoms with Crippen molar-refractivity contribution in [2.45, 2.75) is 51.7 Å². The van der Waals surface area contributed by atoms with Gasteiger partial charge in [0.1, 0.15) is 6.54 Å². The van der Waals surface area contributed by atoms with E-state index in [9.17, 15) is 9.59 Å². The highest BCUT2D eigenvalue weighted by molar-refractivity contribution is 5.82. The molecule has 0 saturated carbocycles. The molecule has 0 spiro atoms. The summed E-state index contributed by atoms with van der Waals surface area (Å²) in [4.78, 5) is 27.1. The van der Waals surface area contributed by atoms with Crippen LogP contribution in [0.15, 0.2) is 41.3 Å². The van der Waals surface area contributed by atoms with Crippen LogP contribution in [0.2, 0.25) is 0 Å². The van der Waals surface area contributed by atoms with E-state index in [4.69, 9.17) is 0 Å². The second kappa shape index (κ2) is 5.95. The van der Waals surface area contributed by atoms with Gasteiger partial charge in [-0.1, -0.05) is 18.2 Å². The summed E-state index contributed by atoms with van der Waals surface area (Å²) in [7, 11) is 0. The van der Waals surface area contributed by atoms with Crippen molar-refractivity contribution in [3.8, 4) is 0 Å². The van der Waals surface area contributed by atoms with Gasteiger partial charge < -0.3 is 9.47 Å². The first-order chi connectivity index (χ1) is 10.6. The summed E-state index contributed by atoms with van der Waals surface area (Å²) in [5.41, 5.74) is -0.0937. The minimum Gasteiger partial charge on any atom is -0.336 e. The number of amides is 1. The lowest BCUT2D eigenvalue weighted by molar-refractivity contribution is -0.137. The summed E-state index contributed by atoms with van der Waals surface area (Å²) in [6.07, 6.45) is 4.98. The van der Waals surface area contributed by atoms with Crippen molar-refractivity contribution >= 4 is 16.7 Å². The van der Waals surface area contributed by atoms with Crippen LogP contribution in [0.1, 0.15) is 33.1 Å². The second-order valence-electron chi connectivity index (χ2n) is 6.27. The van der Waals surface area contributed by atoms with Crippen molar-refractivity contribution in [2.75, 3.05) is 0 Å². The molecule has 0 N–H and O–H groups in total. The number of likely N-dealkylation sites (tertiary alicyclic amines) is 1. The summed E-state index contributed by atoms with van der Waals surface area (Å²) < 4.78 is 1.53. The highest BCUT2D eigenvalue weighted by Gasteiger charge is 2.28. The fourth-order valence-corrected chi connectivity index (χ4v) is 3.49. The van der Waals surface area contributed by atoms with E-state index < -0.39 is 0 Å². The minimum absolute atomic E-state index is 0.0390. The summed E-state index contributed by atoms with van der Waals surface area (Å²) in [5, 5.41) is 1.58. The molecule has 1 saturated heterocycles. The van der Waals surface area contributed by atoms with Gasteiger partial charge in [0.25, 0.3) is 5.56 Å². The quantitative estimate of drug-likeness (QED) is 0.855. The van der Waals surface area contributed by atoms with E-state index >= 15 is 0 Å². The molecule has 2 aromatic rings. The summed E-state index contributed by atoms with van der Waals surface area (Å²) >= 11 is 0. The number of carbonyl (C=O) groups is 1. The number of hydrogen-bond acceptors (Lipinski definition) is 2. The van der Waals surface area contributed by atoms with Crippen molar-refractivity contribution in [3.63, 3.8) is 0 Å². The normalized spacial score (nSPS) is 22.0. The Morgan fingerprint density at radius 3 is 2.55 bits per heavy atom. The topological polar surface area (TPSA) is 42.3 Å². The molecule has 0 bridgehead atoms. The Morgan fingerprint density at radius 2 is 1.82 bits per heavy atom. The molecular weight excluding hydrogens is 276 g/mol. The number of fused-ring (bicyclic) bond motifs is 1.